The summed E-state index contributed by atoms with van der Waals surface area (Å²) in [7, 11) is -3.65. The largest absolute Gasteiger partial charge is 0.392 e. The highest BCUT2D eigenvalue weighted by atomic mass is 32.2. The summed E-state index contributed by atoms with van der Waals surface area (Å²) in [6, 6.07) is -0.631. The van der Waals surface area contributed by atoms with Crippen molar-refractivity contribution in [2.24, 2.45) is 5.73 Å². The van der Waals surface area contributed by atoms with E-state index in [2.05, 4.69) is 4.72 Å². The predicted molar refractivity (Wildman–Crippen MR) is 85.0 cm³/mol. The summed E-state index contributed by atoms with van der Waals surface area (Å²) < 4.78 is 27.6. The summed E-state index contributed by atoms with van der Waals surface area (Å²) in [5.41, 5.74) is 10.3. The zero-order chi connectivity index (χ0) is 16.5. The van der Waals surface area contributed by atoms with Crippen LogP contribution in [0.15, 0.2) is 4.90 Å². The number of aliphatic hydroxyl groups is 1. The Morgan fingerprint density at radius 3 is 1.76 bits per heavy atom. The van der Waals surface area contributed by atoms with Gasteiger partial charge in [-0.05, 0) is 69.4 Å². The van der Waals surface area contributed by atoms with Gasteiger partial charge < -0.3 is 10.8 Å². The topological polar surface area (TPSA) is 92.4 Å². The molecular weight excluding hydrogens is 288 g/mol. The molecule has 0 saturated heterocycles. The molecule has 2 unspecified atom stereocenters. The van der Waals surface area contributed by atoms with E-state index in [0.29, 0.717) is 4.90 Å². The lowest BCUT2D eigenvalue weighted by Crippen LogP contribution is -2.43. The number of nitrogens with one attached hydrogen (secondary N) is 1. The maximum Gasteiger partial charge on any atom is 0.241 e. The van der Waals surface area contributed by atoms with Gasteiger partial charge >= 0.3 is 0 Å². The average molecular weight is 314 g/mol. The van der Waals surface area contributed by atoms with Gasteiger partial charge in [0.25, 0.3) is 0 Å². The number of aliphatic hydroxyl groups excluding tert-OH is 1. The molecule has 0 radical (unpaired) electrons. The van der Waals surface area contributed by atoms with Gasteiger partial charge in [-0.15, -0.1) is 0 Å². The van der Waals surface area contributed by atoms with Crippen molar-refractivity contribution in [3.8, 4) is 0 Å². The van der Waals surface area contributed by atoms with Crippen LogP contribution in [0, 0.1) is 34.6 Å². The third-order valence-electron chi connectivity index (χ3n) is 4.33. The van der Waals surface area contributed by atoms with Crippen LogP contribution in [-0.4, -0.2) is 32.2 Å². The van der Waals surface area contributed by atoms with E-state index in [4.69, 9.17) is 5.73 Å². The van der Waals surface area contributed by atoms with E-state index in [1.807, 2.05) is 34.6 Å². The fourth-order valence-electron chi connectivity index (χ4n) is 2.32. The minimum absolute atomic E-state index is 0.00481. The third kappa shape index (κ3) is 3.63. The first-order valence-corrected chi connectivity index (χ1v) is 8.49. The lowest BCUT2D eigenvalue weighted by atomic mass is 9.95. The number of benzene rings is 1. The molecule has 0 aromatic heterocycles. The molecule has 5 nitrogen and oxygen atoms in total. The smallest absolute Gasteiger partial charge is 0.241 e. The Labute approximate surface area is 127 Å². The molecule has 0 spiro atoms. The average Bonchev–Trinajstić information content (AvgIpc) is 2.40. The minimum Gasteiger partial charge on any atom is -0.392 e. The van der Waals surface area contributed by atoms with Crippen LogP contribution in [-0.2, 0) is 10.0 Å². The van der Waals surface area contributed by atoms with Crippen molar-refractivity contribution >= 4 is 10.0 Å². The summed E-state index contributed by atoms with van der Waals surface area (Å²) in [5.74, 6) is 0. The molecule has 0 aliphatic heterocycles. The predicted octanol–water partition coefficient (Wildman–Crippen LogP) is 1.22. The molecule has 0 bridgehead atoms. The van der Waals surface area contributed by atoms with E-state index < -0.39 is 22.2 Å². The lowest BCUT2D eigenvalue weighted by molar-refractivity contribution is 0.164. The fraction of sp³-hybridized carbons (Fsp3) is 0.600. The molecule has 2 atom stereocenters. The first kappa shape index (κ1) is 18.1. The minimum atomic E-state index is -3.65. The summed E-state index contributed by atoms with van der Waals surface area (Å²) in [4.78, 5) is 0.320. The Morgan fingerprint density at radius 2 is 1.38 bits per heavy atom. The van der Waals surface area contributed by atoms with E-state index in [-0.39, 0.29) is 6.54 Å². The molecule has 0 amide bonds. The number of hydrogen-bond acceptors (Lipinski definition) is 4. The van der Waals surface area contributed by atoms with E-state index in [9.17, 15) is 13.5 Å². The number of rotatable bonds is 5. The Morgan fingerprint density at radius 1 is 1.00 bits per heavy atom. The maximum absolute atomic E-state index is 12.6. The van der Waals surface area contributed by atoms with Crippen LogP contribution in [0.1, 0.15) is 34.7 Å². The molecule has 0 aliphatic rings. The van der Waals surface area contributed by atoms with E-state index >= 15 is 0 Å². The monoisotopic (exact) mass is 314 g/mol. The molecule has 6 heteroatoms. The summed E-state index contributed by atoms with van der Waals surface area (Å²) in [6.45, 7) is 11.0. The summed E-state index contributed by atoms with van der Waals surface area (Å²) in [6.07, 6.45) is -0.767. The van der Waals surface area contributed by atoms with Gasteiger partial charge in [-0.2, -0.15) is 0 Å². The normalized spacial score (nSPS) is 15.0. The number of sulfonamides is 1. The molecule has 0 fully saturated rings. The van der Waals surface area contributed by atoms with E-state index in [1.54, 1.807) is 0 Å². The van der Waals surface area contributed by atoms with E-state index in [0.717, 1.165) is 27.8 Å². The molecule has 0 aliphatic carbocycles. The third-order valence-corrected chi connectivity index (χ3v) is 6.03. The van der Waals surface area contributed by atoms with Gasteiger partial charge in [0.15, 0.2) is 0 Å². The molecule has 120 valence electrons. The van der Waals surface area contributed by atoms with Crippen LogP contribution in [0.2, 0.25) is 0 Å². The highest BCUT2D eigenvalue weighted by Gasteiger charge is 2.24. The Bertz CT molecular complexity index is 608. The van der Waals surface area contributed by atoms with Gasteiger partial charge in [0, 0.05) is 12.6 Å². The summed E-state index contributed by atoms with van der Waals surface area (Å²) >= 11 is 0. The first-order chi connectivity index (χ1) is 9.50. The van der Waals surface area contributed by atoms with Gasteiger partial charge in [-0.25, -0.2) is 13.1 Å². The zero-order valence-corrected chi connectivity index (χ0v) is 14.4. The molecule has 1 aromatic rings. The highest BCUT2D eigenvalue weighted by Crippen LogP contribution is 2.29. The summed E-state index contributed by atoms with van der Waals surface area (Å²) in [5, 5.41) is 9.36. The Hall–Kier alpha value is -0.950. The Kier molecular flexibility index (Phi) is 5.55. The second kappa shape index (κ2) is 6.44. The van der Waals surface area contributed by atoms with Crippen LogP contribution >= 0.6 is 0 Å². The second-order valence-electron chi connectivity index (χ2n) is 5.71. The first-order valence-electron chi connectivity index (χ1n) is 7.01. The van der Waals surface area contributed by atoms with Crippen LogP contribution < -0.4 is 10.5 Å². The van der Waals surface area contributed by atoms with Crippen molar-refractivity contribution in [1.82, 2.24) is 4.72 Å². The van der Waals surface area contributed by atoms with Crippen molar-refractivity contribution in [3.05, 3.63) is 27.8 Å². The van der Waals surface area contributed by atoms with Crippen LogP contribution in [0.25, 0.3) is 0 Å². The standard InChI is InChI=1S/C15H26N2O3S/c1-8-9(2)11(4)15(12(5)10(8)3)21(19,20)17-7-14(16)13(6)18/h13-14,17-18H,7,16H2,1-6H3. The van der Waals surface area contributed by atoms with Gasteiger partial charge in [0.1, 0.15) is 0 Å². The number of hydrogen-bond donors (Lipinski definition) is 3. The van der Waals surface area contributed by atoms with Crippen molar-refractivity contribution in [2.45, 2.75) is 58.6 Å². The van der Waals surface area contributed by atoms with Gasteiger partial charge in [-0.3, -0.25) is 0 Å². The molecule has 1 rings (SSSR count). The Balaban J connectivity index is 3.27. The maximum atomic E-state index is 12.6. The van der Waals surface area contributed by atoms with Crippen LogP contribution in [0.5, 0.6) is 0 Å². The van der Waals surface area contributed by atoms with Crippen LogP contribution in [0.3, 0.4) is 0 Å². The molecule has 4 N–H and O–H groups in total. The van der Waals surface area contributed by atoms with Crippen LogP contribution in [0.4, 0.5) is 0 Å². The van der Waals surface area contributed by atoms with Gasteiger partial charge in [-0.1, -0.05) is 0 Å². The number of nitrogens with two attached hydrogens (primary N) is 1. The van der Waals surface area contributed by atoms with Crippen molar-refractivity contribution in [2.75, 3.05) is 6.54 Å². The molecule has 21 heavy (non-hydrogen) atoms. The molecular formula is C15H26N2O3S. The molecule has 1 aromatic carbocycles. The van der Waals surface area contributed by atoms with Crippen molar-refractivity contribution in [1.29, 1.82) is 0 Å². The van der Waals surface area contributed by atoms with Gasteiger partial charge in [0.2, 0.25) is 10.0 Å². The lowest BCUT2D eigenvalue weighted by Gasteiger charge is -2.20. The van der Waals surface area contributed by atoms with E-state index in [1.165, 1.54) is 6.92 Å². The van der Waals surface area contributed by atoms with Gasteiger partial charge in [0.05, 0.1) is 11.0 Å². The zero-order valence-electron chi connectivity index (χ0n) is 13.6. The SMILES string of the molecule is Cc1c(C)c(C)c(S(=O)(=O)NCC(N)C(C)O)c(C)c1C. The van der Waals surface area contributed by atoms with Crippen molar-refractivity contribution in [3.63, 3.8) is 0 Å². The molecule has 0 heterocycles. The molecule has 0 saturated carbocycles. The second-order valence-corrected chi connectivity index (χ2v) is 7.41. The fourth-order valence-corrected chi connectivity index (χ4v) is 3.99. The van der Waals surface area contributed by atoms with Crippen molar-refractivity contribution < 1.29 is 13.5 Å². The highest BCUT2D eigenvalue weighted by molar-refractivity contribution is 7.89. The quantitative estimate of drug-likeness (QED) is 0.762.